The number of pyridine rings is 1. The van der Waals surface area contributed by atoms with E-state index < -0.39 is 5.60 Å². The lowest BCUT2D eigenvalue weighted by molar-refractivity contribution is 0.0258. The summed E-state index contributed by atoms with van der Waals surface area (Å²) in [6.07, 6.45) is 7.75. The van der Waals surface area contributed by atoms with Gasteiger partial charge in [-0.3, -0.25) is 9.67 Å². The van der Waals surface area contributed by atoms with Gasteiger partial charge >= 0.3 is 6.09 Å². The predicted octanol–water partition coefficient (Wildman–Crippen LogP) is 3.76. The Morgan fingerprint density at radius 3 is 2.50 bits per heavy atom. The van der Waals surface area contributed by atoms with E-state index in [4.69, 9.17) is 9.84 Å². The summed E-state index contributed by atoms with van der Waals surface area (Å²) in [5, 5.41) is 4.92. The van der Waals surface area contributed by atoms with Crippen LogP contribution in [0.3, 0.4) is 0 Å². The number of aryl methyl sites for hydroxylation is 1. The highest BCUT2D eigenvalue weighted by molar-refractivity contribution is 5.68. The zero-order valence-electron chi connectivity index (χ0n) is 18.6. The van der Waals surface area contributed by atoms with Crippen LogP contribution in [0.15, 0.2) is 24.5 Å². The molecule has 7 nitrogen and oxygen atoms in total. The summed E-state index contributed by atoms with van der Waals surface area (Å²) < 4.78 is 7.71. The number of nitrogens with zero attached hydrogens (tertiary/aromatic N) is 5. The Hall–Kier alpha value is -2.57. The molecule has 4 heterocycles. The SMILES string of the molecule is Cc1ccc(N2CCC(n3cc4c(n3)CCN(C(=O)OC(C)(C)C)CC4)CC2)cn1. The third kappa shape index (κ3) is 4.77. The largest absolute Gasteiger partial charge is 0.444 e. The maximum absolute atomic E-state index is 12.4. The van der Waals surface area contributed by atoms with E-state index in [0.717, 1.165) is 50.2 Å². The average Bonchev–Trinajstić information content (AvgIpc) is 3.00. The van der Waals surface area contributed by atoms with Gasteiger partial charge in [0.1, 0.15) is 5.60 Å². The van der Waals surface area contributed by atoms with Crippen LogP contribution < -0.4 is 4.90 Å². The number of aromatic nitrogens is 3. The minimum atomic E-state index is -0.462. The predicted molar refractivity (Wildman–Crippen MR) is 117 cm³/mol. The van der Waals surface area contributed by atoms with Crippen molar-refractivity contribution in [1.29, 1.82) is 0 Å². The second kappa shape index (κ2) is 8.28. The quantitative estimate of drug-likeness (QED) is 0.753. The fraction of sp³-hybridized carbons (Fsp3) is 0.609. The highest BCUT2D eigenvalue weighted by Crippen LogP contribution is 2.27. The molecule has 0 aromatic carbocycles. The van der Waals surface area contributed by atoms with Gasteiger partial charge in [0.05, 0.1) is 23.6 Å². The highest BCUT2D eigenvalue weighted by atomic mass is 16.6. The summed E-state index contributed by atoms with van der Waals surface area (Å²) >= 11 is 0. The van der Waals surface area contributed by atoms with E-state index in [0.29, 0.717) is 19.1 Å². The van der Waals surface area contributed by atoms with Crippen molar-refractivity contribution in [2.75, 3.05) is 31.1 Å². The van der Waals surface area contributed by atoms with Gasteiger partial charge in [-0.1, -0.05) is 0 Å². The molecule has 2 aliphatic rings. The van der Waals surface area contributed by atoms with Crippen LogP contribution >= 0.6 is 0 Å². The molecule has 0 atom stereocenters. The summed E-state index contributed by atoms with van der Waals surface area (Å²) in [4.78, 5) is 21.0. The van der Waals surface area contributed by atoms with Crippen molar-refractivity contribution in [3.05, 3.63) is 41.5 Å². The van der Waals surface area contributed by atoms with Crippen molar-refractivity contribution in [2.45, 2.75) is 65.0 Å². The number of rotatable bonds is 2. The number of hydrogen-bond donors (Lipinski definition) is 0. The maximum atomic E-state index is 12.4. The van der Waals surface area contributed by atoms with Crippen LogP contribution in [-0.2, 0) is 17.6 Å². The molecule has 0 N–H and O–H groups in total. The first kappa shape index (κ1) is 20.7. The monoisotopic (exact) mass is 411 g/mol. The van der Waals surface area contributed by atoms with Crippen molar-refractivity contribution in [2.24, 2.45) is 0 Å². The van der Waals surface area contributed by atoms with E-state index in [2.05, 4.69) is 32.9 Å². The summed E-state index contributed by atoms with van der Waals surface area (Å²) in [5.41, 5.74) is 4.20. The topological polar surface area (TPSA) is 63.5 Å². The van der Waals surface area contributed by atoms with E-state index in [9.17, 15) is 4.79 Å². The lowest BCUT2D eigenvalue weighted by Gasteiger charge is -2.33. The van der Waals surface area contributed by atoms with Gasteiger partial charge in [-0.25, -0.2) is 4.79 Å². The van der Waals surface area contributed by atoms with Crippen molar-refractivity contribution in [1.82, 2.24) is 19.7 Å². The summed E-state index contributed by atoms with van der Waals surface area (Å²) in [7, 11) is 0. The molecular weight excluding hydrogens is 378 g/mol. The molecule has 1 fully saturated rings. The van der Waals surface area contributed by atoms with Crippen LogP contribution in [0.4, 0.5) is 10.5 Å². The molecule has 0 unspecified atom stereocenters. The van der Waals surface area contributed by atoms with E-state index in [1.807, 2.05) is 38.8 Å². The van der Waals surface area contributed by atoms with E-state index in [1.54, 1.807) is 0 Å². The van der Waals surface area contributed by atoms with Crippen LogP contribution in [0.25, 0.3) is 0 Å². The maximum Gasteiger partial charge on any atom is 0.410 e. The molecule has 30 heavy (non-hydrogen) atoms. The first-order valence-corrected chi connectivity index (χ1v) is 11.0. The number of hydrogen-bond acceptors (Lipinski definition) is 5. The van der Waals surface area contributed by atoms with Crippen LogP contribution in [0.5, 0.6) is 0 Å². The van der Waals surface area contributed by atoms with Gasteiger partial charge < -0.3 is 14.5 Å². The summed E-state index contributed by atoms with van der Waals surface area (Å²) in [5.74, 6) is 0. The number of fused-ring (bicyclic) bond motifs is 1. The minimum absolute atomic E-state index is 0.224. The lowest BCUT2D eigenvalue weighted by atomic mass is 10.0. The molecule has 7 heteroatoms. The molecule has 1 amide bonds. The van der Waals surface area contributed by atoms with Crippen LogP contribution in [0, 0.1) is 6.92 Å². The molecule has 1 saturated heterocycles. The van der Waals surface area contributed by atoms with Gasteiger partial charge in [0.25, 0.3) is 0 Å². The van der Waals surface area contributed by atoms with E-state index in [-0.39, 0.29) is 6.09 Å². The van der Waals surface area contributed by atoms with Crippen molar-refractivity contribution < 1.29 is 9.53 Å². The third-order valence-electron chi connectivity index (χ3n) is 5.92. The molecule has 4 rings (SSSR count). The van der Waals surface area contributed by atoms with Crippen molar-refractivity contribution >= 4 is 11.8 Å². The molecule has 2 aromatic rings. The molecule has 0 radical (unpaired) electrons. The molecule has 162 valence electrons. The summed E-state index contributed by atoms with van der Waals surface area (Å²) in [6.45, 7) is 11.1. The highest BCUT2D eigenvalue weighted by Gasteiger charge is 2.27. The van der Waals surface area contributed by atoms with Crippen LogP contribution in [-0.4, -0.2) is 57.5 Å². The normalized spacial score (nSPS) is 18.1. The Kier molecular flexibility index (Phi) is 5.71. The second-order valence-corrected chi connectivity index (χ2v) is 9.42. The average molecular weight is 412 g/mol. The number of carbonyl (C=O) groups excluding carboxylic acids is 1. The third-order valence-corrected chi connectivity index (χ3v) is 5.92. The van der Waals surface area contributed by atoms with Gasteiger partial charge in [-0.15, -0.1) is 0 Å². The number of anilines is 1. The summed E-state index contributed by atoms with van der Waals surface area (Å²) in [6, 6.07) is 4.68. The number of ether oxygens (including phenoxy) is 1. The Balaban J connectivity index is 1.34. The molecule has 0 bridgehead atoms. The second-order valence-electron chi connectivity index (χ2n) is 9.42. The fourth-order valence-electron chi connectivity index (χ4n) is 4.23. The van der Waals surface area contributed by atoms with E-state index in [1.165, 1.54) is 11.3 Å². The first-order valence-electron chi connectivity index (χ1n) is 11.0. The van der Waals surface area contributed by atoms with Crippen molar-refractivity contribution in [3.63, 3.8) is 0 Å². The molecule has 2 aliphatic heterocycles. The minimum Gasteiger partial charge on any atom is -0.444 e. The Labute approximate surface area is 179 Å². The number of amides is 1. The van der Waals surface area contributed by atoms with Gasteiger partial charge in [0.15, 0.2) is 0 Å². The Morgan fingerprint density at radius 1 is 1.10 bits per heavy atom. The van der Waals surface area contributed by atoms with E-state index >= 15 is 0 Å². The lowest BCUT2D eigenvalue weighted by Crippen LogP contribution is -2.38. The molecule has 0 saturated carbocycles. The smallest absolute Gasteiger partial charge is 0.410 e. The van der Waals surface area contributed by atoms with Gasteiger partial charge in [-0.05, 0) is 64.7 Å². The van der Waals surface area contributed by atoms with Gasteiger partial charge in [-0.2, -0.15) is 5.10 Å². The standard InChI is InChI=1S/C23H33N5O2/c1-17-5-6-20(15-24-17)26-12-8-19(9-13-26)28-16-18-7-11-27(14-10-21(18)25-28)22(29)30-23(2,3)4/h5-6,15-16,19H,7-14H2,1-4H3. The molecule has 0 aliphatic carbocycles. The van der Waals surface area contributed by atoms with Gasteiger partial charge in [0.2, 0.25) is 0 Å². The Morgan fingerprint density at radius 2 is 1.83 bits per heavy atom. The Bertz CT molecular complexity index is 850. The molecular formula is C23H33N5O2. The number of carbonyl (C=O) groups is 1. The molecule has 0 spiro atoms. The fourth-order valence-corrected chi connectivity index (χ4v) is 4.23. The van der Waals surface area contributed by atoms with Crippen LogP contribution in [0.2, 0.25) is 0 Å². The molecule has 2 aromatic heterocycles. The first-order chi connectivity index (χ1) is 14.3. The number of piperidine rings is 1. The van der Waals surface area contributed by atoms with Gasteiger partial charge in [0, 0.05) is 44.5 Å². The zero-order valence-corrected chi connectivity index (χ0v) is 18.6. The zero-order chi connectivity index (χ0) is 21.3. The van der Waals surface area contributed by atoms with Crippen LogP contribution in [0.1, 0.15) is 56.6 Å². The van der Waals surface area contributed by atoms with Crippen molar-refractivity contribution in [3.8, 4) is 0 Å².